The fraction of sp³-hybridized carbons (Fsp3) is 0.607. The first-order valence-corrected chi connectivity index (χ1v) is 12.8. The summed E-state index contributed by atoms with van der Waals surface area (Å²) in [5.41, 5.74) is 2.35. The van der Waals surface area contributed by atoms with Crippen molar-refractivity contribution >= 4 is 5.97 Å². The third-order valence-electron chi connectivity index (χ3n) is 5.88. The molecule has 2 aromatic rings. The largest absolute Gasteiger partial charge is 0.423 e. The molecule has 0 fully saturated rings. The van der Waals surface area contributed by atoms with Crippen molar-refractivity contribution in [1.29, 1.82) is 0 Å². The van der Waals surface area contributed by atoms with Crippen LogP contribution < -0.4 is 4.74 Å². The standard InChI is InChI=1S/C28H42N2O2/c1-3-5-7-9-10-11-13-14-16-24-18-20-25(21-19-24)28-29-22-26(23-30-28)32-27(31)17-15-12-8-6-4-2/h18-23H,3-17H2,1-2H3. The summed E-state index contributed by atoms with van der Waals surface area (Å²) in [5, 5.41) is 0. The summed E-state index contributed by atoms with van der Waals surface area (Å²) >= 11 is 0. The molecule has 0 bridgehead atoms. The summed E-state index contributed by atoms with van der Waals surface area (Å²) < 4.78 is 5.36. The molecule has 4 nitrogen and oxygen atoms in total. The number of aromatic nitrogens is 2. The van der Waals surface area contributed by atoms with E-state index in [-0.39, 0.29) is 5.97 Å². The maximum absolute atomic E-state index is 11.9. The quantitative estimate of drug-likeness (QED) is 0.185. The van der Waals surface area contributed by atoms with E-state index < -0.39 is 0 Å². The predicted octanol–water partition coefficient (Wildman–Crippen LogP) is 8.09. The van der Waals surface area contributed by atoms with Gasteiger partial charge in [-0.2, -0.15) is 0 Å². The van der Waals surface area contributed by atoms with Crippen molar-refractivity contribution in [1.82, 2.24) is 9.97 Å². The Morgan fingerprint density at radius 1 is 0.719 bits per heavy atom. The van der Waals surface area contributed by atoms with E-state index in [2.05, 4.69) is 48.1 Å². The molecule has 0 aliphatic rings. The Kier molecular flexibility index (Phi) is 13.3. The first-order valence-electron chi connectivity index (χ1n) is 12.8. The summed E-state index contributed by atoms with van der Waals surface area (Å²) in [6, 6.07) is 8.51. The molecule has 0 radical (unpaired) electrons. The minimum Gasteiger partial charge on any atom is -0.423 e. The molecule has 0 unspecified atom stereocenters. The molecule has 1 aromatic heterocycles. The third kappa shape index (κ3) is 10.9. The van der Waals surface area contributed by atoms with Gasteiger partial charge in [-0.25, -0.2) is 9.97 Å². The SMILES string of the molecule is CCCCCCCCCCc1ccc(-c2ncc(OC(=O)CCCCCCC)cn2)cc1. The van der Waals surface area contributed by atoms with Crippen LogP contribution in [0.3, 0.4) is 0 Å². The number of esters is 1. The van der Waals surface area contributed by atoms with E-state index in [4.69, 9.17) is 4.74 Å². The highest BCUT2D eigenvalue weighted by atomic mass is 16.5. The number of ether oxygens (including phenoxy) is 1. The average Bonchev–Trinajstić information content (AvgIpc) is 2.81. The summed E-state index contributed by atoms with van der Waals surface area (Å²) in [4.78, 5) is 20.7. The van der Waals surface area contributed by atoms with Gasteiger partial charge in [0.25, 0.3) is 0 Å². The van der Waals surface area contributed by atoms with Crippen molar-refractivity contribution in [2.75, 3.05) is 0 Å². The number of carbonyl (C=O) groups excluding carboxylic acids is 1. The monoisotopic (exact) mass is 438 g/mol. The second kappa shape index (κ2) is 16.4. The van der Waals surface area contributed by atoms with Crippen molar-refractivity contribution in [3.63, 3.8) is 0 Å². The molecular weight excluding hydrogens is 396 g/mol. The van der Waals surface area contributed by atoms with Gasteiger partial charge in [0.1, 0.15) is 0 Å². The van der Waals surface area contributed by atoms with Gasteiger partial charge in [0.15, 0.2) is 11.6 Å². The highest BCUT2D eigenvalue weighted by Gasteiger charge is 2.07. The Labute approximate surface area is 195 Å². The van der Waals surface area contributed by atoms with Crippen molar-refractivity contribution in [2.24, 2.45) is 0 Å². The minimum absolute atomic E-state index is 0.205. The number of rotatable bonds is 17. The number of aryl methyl sites for hydroxylation is 1. The molecule has 0 amide bonds. The number of hydrogen-bond acceptors (Lipinski definition) is 4. The molecule has 4 heteroatoms. The Morgan fingerprint density at radius 2 is 1.25 bits per heavy atom. The number of nitrogens with zero attached hydrogens (tertiary/aromatic N) is 2. The lowest BCUT2D eigenvalue weighted by molar-refractivity contribution is -0.134. The number of carbonyl (C=O) groups is 1. The van der Waals surface area contributed by atoms with Gasteiger partial charge in [0, 0.05) is 12.0 Å². The molecule has 176 valence electrons. The van der Waals surface area contributed by atoms with Gasteiger partial charge in [-0.1, -0.05) is 109 Å². The summed E-state index contributed by atoms with van der Waals surface area (Å²) in [6.07, 6.45) is 21.1. The molecule has 2 rings (SSSR count). The lowest BCUT2D eigenvalue weighted by Crippen LogP contribution is -2.08. The van der Waals surface area contributed by atoms with Crippen LogP contribution >= 0.6 is 0 Å². The summed E-state index contributed by atoms with van der Waals surface area (Å²) in [7, 11) is 0. The third-order valence-corrected chi connectivity index (χ3v) is 5.88. The molecule has 0 atom stereocenters. The van der Waals surface area contributed by atoms with E-state index in [0.29, 0.717) is 18.0 Å². The lowest BCUT2D eigenvalue weighted by atomic mass is 10.0. The summed E-state index contributed by atoms with van der Waals surface area (Å²) in [5.74, 6) is 0.866. The molecule has 0 saturated carbocycles. The molecule has 32 heavy (non-hydrogen) atoms. The van der Waals surface area contributed by atoms with Gasteiger partial charge in [-0.15, -0.1) is 0 Å². The maximum atomic E-state index is 11.9. The topological polar surface area (TPSA) is 52.1 Å². The Morgan fingerprint density at radius 3 is 1.84 bits per heavy atom. The zero-order chi connectivity index (χ0) is 22.9. The smallest absolute Gasteiger partial charge is 0.311 e. The number of hydrogen-bond donors (Lipinski definition) is 0. The van der Waals surface area contributed by atoms with Crippen LogP contribution in [0.25, 0.3) is 11.4 Å². The van der Waals surface area contributed by atoms with Gasteiger partial charge in [0.05, 0.1) is 12.4 Å². The number of benzene rings is 1. The van der Waals surface area contributed by atoms with E-state index in [9.17, 15) is 4.79 Å². The molecule has 0 N–H and O–H groups in total. The Hall–Kier alpha value is -2.23. The van der Waals surface area contributed by atoms with Gasteiger partial charge >= 0.3 is 5.97 Å². The van der Waals surface area contributed by atoms with Crippen LogP contribution in [0.4, 0.5) is 0 Å². The second-order valence-electron chi connectivity index (χ2n) is 8.80. The Balaban J connectivity index is 1.68. The molecule has 0 saturated heterocycles. The summed E-state index contributed by atoms with van der Waals surface area (Å²) in [6.45, 7) is 4.45. The van der Waals surface area contributed by atoms with Gasteiger partial charge in [-0.3, -0.25) is 4.79 Å². The molecule has 1 heterocycles. The van der Waals surface area contributed by atoms with Crippen molar-refractivity contribution in [3.05, 3.63) is 42.2 Å². The van der Waals surface area contributed by atoms with Crippen LogP contribution in [0, 0.1) is 0 Å². The van der Waals surface area contributed by atoms with E-state index in [1.165, 1.54) is 76.2 Å². The molecule has 0 aliphatic carbocycles. The van der Waals surface area contributed by atoms with Crippen LogP contribution in [0.2, 0.25) is 0 Å². The Bertz CT molecular complexity index is 741. The fourth-order valence-electron chi connectivity index (χ4n) is 3.86. The minimum atomic E-state index is -0.205. The fourth-order valence-corrected chi connectivity index (χ4v) is 3.86. The molecule has 1 aromatic carbocycles. The van der Waals surface area contributed by atoms with Crippen LogP contribution in [-0.2, 0) is 11.2 Å². The van der Waals surface area contributed by atoms with Crippen LogP contribution in [0.5, 0.6) is 5.75 Å². The van der Waals surface area contributed by atoms with Crippen LogP contribution in [-0.4, -0.2) is 15.9 Å². The highest BCUT2D eigenvalue weighted by molar-refractivity contribution is 5.72. The van der Waals surface area contributed by atoms with Gasteiger partial charge < -0.3 is 4.74 Å². The van der Waals surface area contributed by atoms with Crippen LogP contribution in [0.1, 0.15) is 109 Å². The zero-order valence-corrected chi connectivity index (χ0v) is 20.3. The van der Waals surface area contributed by atoms with Crippen LogP contribution in [0.15, 0.2) is 36.7 Å². The maximum Gasteiger partial charge on any atom is 0.311 e. The predicted molar refractivity (Wildman–Crippen MR) is 133 cm³/mol. The highest BCUT2D eigenvalue weighted by Crippen LogP contribution is 2.19. The van der Waals surface area contributed by atoms with Crippen molar-refractivity contribution < 1.29 is 9.53 Å². The zero-order valence-electron chi connectivity index (χ0n) is 20.3. The normalized spacial score (nSPS) is 10.9. The van der Waals surface area contributed by atoms with E-state index in [0.717, 1.165) is 24.8 Å². The first-order chi connectivity index (χ1) is 15.7. The second-order valence-corrected chi connectivity index (χ2v) is 8.80. The van der Waals surface area contributed by atoms with Crippen molar-refractivity contribution in [3.8, 4) is 17.1 Å². The van der Waals surface area contributed by atoms with E-state index in [1.54, 1.807) is 12.4 Å². The molecular formula is C28H42N2O2. The molecule has 0 aliphatic heterocycles. The lowest BCUT2D eigenvalue weighted by Gasteiger charge is -2.06. The van der Waals surface area contributed by atoms with Gasteiger partial charge in [-0.05, 0) is 24.8 Å². The molecule has 0 spiro atoms. The van der Waals surface area contributed by atoms with Crippen molar-refractivity contribution in [2.45, 2.75) is 110 Å². The first kappa shape index (κ1) is 26.0. The number of unbranched alkanes of at least 4 members (excludes halogenated alkanes) is 11. The van der Waals surface area contributed by atoms with E-state index >= 15 is 0 Å². The van der Waals surface area contributed by atoms with Gasteiger partial charge in [0.2, 0.25) is 0 Å². The average molecular weight is 439 g/mol. The van der Waals surface area contributed by atoms with E-state index in [1.807, 2.05) is 0 Å².